The lowest BCUT2D eigenvalue weighted by molar-refractivity contribution is -0.137. The van der Waals surface area contributed by atoms with Gasteiger partial charge in [-0.05, 0) is 59.4 Å². The van der Waals surface area contributed by atoms with Crippen molar-refractivity contribution in [3.63, 3.8) is 0 Å². The molecule has 1 heterocycles. The zero-order valence-electron chi connectivity index (χ0n) is 17.9. The van der Waals surface area contributed by atoms with Gasteiger partial charge in [0.15, 0.2) is 0 Å². The first-order valence-corrected chi connectivity index (χ1v) is 11.1. The van der Waals surface area contributed by atoms with Crippen molar-refractivity contribution in [3.05, 3.63) is 59.1 Å². The molecule has 0 bridgehead atoms. The van der Waals surface area contributed by atoms with Crippen molar-refractivity contribution in [2.45, 2.75) is 59.4 Å². The minimum Gasteiger partial charge on any atom is -0.480 e. The molecule has 1 aromatic heterocycles. The smallest absolute Gasteiger partial charge is 0.327 e. The Morgan fingerprint density at radius 1 is 1.17 bits per heavy atom. The second kappa shape index (κ2) is 14.0. The van der Waals surface area contributed by atoms with Gasteiger partial charge < -0.3 is 10.4 Å². The Bertz CT molecular complexity index is 740. The van der Waals surface area contributed by atoms with Crippen LogP contribution in [-0.4, -0.2) is 33.6 Å². The number of pyridine rings is 1. The van der Waals surface area contributed by atoms with Crippen LogP contribution in [0.3, 0.4) is 0 Å². The normalized spacial score (nSPS) is 13.1. The van der Waals surface area contributed by atoms with Crippen molar-refractivity contribution in [1.82, 2.24) is 4.98 Å². The lowest BCUT2D eigenvalue weighted by atomic mass is 10.1. The molecular formula is C23H33FN2O2S. The Kier molecular flexibility index (Phi) is 12.0. The number of nitrogens with one attached hydrogen (secondary N) is 1. The van der Waals surface area contributed by atoms with E-state index in [1.807, 2.05) is 0 Å². The average Bonchev–Trinajstić information content (AvgIpc) is 2.63. The molecule has 6 heteroatoms. The molecule has 0 saturated heterocycles. The van der Waals surface area contributed by atoms with E-state index in [1.54, 1.807) is 0 Å². The fraction of sp³-hybridized carbons (Fsp3) is 0.478. The number of nitrogens with zero attached hydrogens (tertiary/aromatic N) is 1. The van der Waals surface area contributed by atoms with Gasteiger partial charge in [0, 0.05) is 23.8 Å². The molecule has 0 aliphatic rings. The van der Waals surface area contributed by atoms with Crippen molar-refractivity contribution in [3.8, 4) is 0 Å². The summed E-state index contributed by atoms with van der Waals surface area (Å²) in [5.41, 5.74) is 4.09. The van der Waals surface area contributed by atoms with E-state index in [2.05, 4.69) is 56.2 Å². The van der Waals surface area contributed by atoms with Crippen molar-refractivity contribution in [1.29, 1.82) is 0 Å². The lowest BCUT2D eigenvalue weighted by Gasteiger charge is -2.14. The van der Waals surface area contributed by atoms with Gasteiger partial charge in [0.1, 0.15) is 17.7 Å². The SMILES string of the molecule is CC(C)=CCCC(C)=CCCC(C)=CCSCC(Nc1cc(F)ccn1)C(=O)O. The number of thioether (sulfide) groups is 1. The second-order valence-electron chi connectivity index (χ2n) is 7.39. The Hall–Kier alpha value is -2.08. The van der Waals surface area contributed by atoms with Crippen molar-refractivity contribution < 1.29 is 14.3 Å². The van der Waals surface area contributed by atoms with Crippen molar-refractivity contribution >= 4 is 23.5 Å². The topological polar surface area (TPSA) is 62.2 Å². The molecule has 0 amide bonds. The van der Waals surface area contributed by atoms with Crippen molar-refractivity contribution in [2.75, 3.05) is 16.8 Å². The summed E-state index contributed by atoms with van der Waals surface area (Å²) in [4.78, 5) is 15.4. The lowest BCUT2D eigenvalue weighted by Crippen LogP contribution is -2.32. The molecular weight excluding hydrogens is 387 g/mol. The number of aliphatic carboxylic acids is 1. The van der Waals surface area contributed by atoms with Crippen LogP contribution in [0, 0.1) is 5.82 Å². The maximum atomic E-state index is 13.2. The minimum absolute atomic E-state index is 0.233. The third-order valence-electron chi connectivity index (χ3n) is 4.30. The van der Waals surface area contributed by atoms with Crippen LogP contribution in [0.2, 0.25) is 0 Å². The molecule has 2 N–H and O–H groups in total. The molecule has 0 aliphatic heterocycles. The summed E-state index contributed by atoms with van der Waals surface area (Å²) in [6.45, 7) is 8.54. The largest absolute Gasteiger partial charge is 0.480 e. The molecule has 1 rings (SSSR count). The van der Waals surface area contributed by atoms with Crippen LogP contribution in [0.4, 0.5) is 10.2 Å². The highest BCUT2D eigenvalue weighted by Gasteiger charge is 2.17. The molecule has 29 heavy (non-hydrogen) atoms. The van der Waals surface area contributed by atoms with Crippen LogP contribution in [0.5, 0.6) is 0 Å². The molecule has 0 aromatic carbocycles. The van der Waals surface area contributed by atoms with E-state index >= 15 is 0 Å². The number of carboxylic acid groups (broad SMARTS) is 1. The molecule has 1 unspecified atom stereocenters. The number of hydrogen-bond acceptors (Lipinski definition) is 4. The van der Waals surface area contributed by atoms with Crippen LogP contribution in [0.25, 0.3) is 0 Å². The van der Waals surface area contributed by atoms with E-state index in [0.717, 1.165) is 31.4 Å². The number of carboxylic acids is 1. The molecule has 0 saturated carbocycles. The van der Waals surface area contributed by atoms with Gasteiger partial charge in [-0.2, -0.15) is 11.8 Å². The number of allylic oxidation sites excluding steroid dienone is 5. The maximum absolute atomic E-state index is 13.2. The summed E-state index contributed by atoms with van der Waals surface area (Å²) in [5, 5.41) is 12.1. The number of rotatable bonds is 13. The highest BCUT2D eigenvalue weighted by molar-refractivity contribution is 7.99. The maximum Gasteiger partial charge on any atom is 0.327 e. The third-order valence-corrected chi connectivity index (χ3v) is 5.27. The van der Waals surface area contributed by atoms with Gasteiger partial charge in [-0.15, -0.1) is 0 Å². The third kappa shape index (κ3) is 12.2. The monoisotopic (exact) mass is 420 g/mol. The number of hydrogen-bond donors (Lipinski definition) is 2. The van der Waals surface area contributed by atoms with E-state index in [4.69, 9.17) is 0 Å². The van der Waals surface area contributed by atoms with Gasteiger partial charge in [-0.3, -0.25) is 0 Å². The molecule has 0 spiro atoms. The fourth-order valence-electron chi connectivity index (χ4n) is 2.56. The van der Waals surface area contributed by atoms with E-state index in [-0.39, 0.29) is 5.82 Å². The predicted octanol–water partition coefficient (Wildman–Crippen LogP) is 6.24. The number of aromatic nitrogens is 1. The summed E-state index contributed by atoms with van der Waals surface area (Å²) in [6, 6.07) is 1.61. The van der Waals surface area contributed by atoms with E-state index in [9.17, 15) is 14.3 Å². The Morgan fingerprint density at radius 2 is 1.83 bits per heavy atom. The second-order valence-corrected chi connectivity index (χ2v) is 8.47. The standard InChI is InChI=1S/C23H33FN2O2S/c1-17(2)7-5-8-18(3)9-6-10-19(4)12-14-29-16-21(23(27)28)26-22-15-20(24)11-13-25-22/h7,9,11-13,15,21H,5-6,8,10,14,16H2,1-4H3,(H,25,26)(H,27,28). The Balaban J connectivity index is 2.34. The number of halogens is 1. The summed E-state index contributed by atoms with van der Waals surface area (Å²) in [6.07, 6.45) is 12.3. The molecule has 160 valence electrons. The highest BCUT2D eigenvalue weighted by atomic mass is 32.2. The predicted molar refractivity (Wildman–Crippen MR) is 122 cm³/mol. The fourth-order valence-corrected chi connectivity index (χ4v) is 3.56. The summed E-state index contributed by atoms with van der Waals surface area (Å²) in [7, 11) is 0. The zero-order valence-corrected chi connectivity index (χ0v) is 18.7. The van der Waals surface area contributed by atoms with Crippen LogP contribution in [0.15, 0.2) is 53.3 Å². The zero-order chi connectivity index (χ0) is 21.6. The molecule has 1 aromatic rings. The van der Waals surface area contributed by atoms with Gasteiger partial charge in [0.25, 0.3) is 0 Å². The molecule has 4 nitrogen and oxygen atoms in total. The first-order valence-electron chi connectivity index (χ1n) is 9.91. The van der Waals surface area contributed by atoms with Crippen molar-refractivity contribution in [2.24, 2.45) is 0 Å². The van der Waals surface area contributed by atoms with E-state index < -0.39 is 17.8 Å². The van der Waals surface area contributed by atoms with Gasteiger partial charge in [0.05, 0.1) is 0 Å². The van der Waals surface area contributed by atoms with Gasteiger partial charge in [0.2, 0.25) is 0 Å². The van der Waals surface area contributed by atoms with Crippen LogP contribution < -0.4 is 5.32 Å². The summed E-state index contributed by atoms with van der Waals surface area (Å²) in [5.74, 6) is -0.0637. The van der Waals surface area contributed by atoms with Gasteiger partial charge >= 0.3 is 5.97 Å². The Labute approximate surface area is 178 Å². The Morgan fingerprint density at radius 3 is 2.45 bits per heavy atom. The molecule has 0 fully saturated rings. The van der Waals surface area contributed by atoms with E-state index in [0.29, 0.717) is 5.75 Å². The average molecular weight is 421 g/mol. The van der Waals surface area contributed by atoms with Crippen LogP contribution in [0.1, 0.15) is 53.4 Å². The molecule has 1 atom stereocenters. The first kappa shape index (κ1) is 25.0. The molecule has 0 radical (unpaired) electrons. The summed E-state index contributed by atoms with van der Waals surface area (Å²) >= 11 is 1.53. The quantitative estimate of drug-likeness (QED) is 0.292. The number of carbonyl (C=O) groups is 1. The highest BCUT2D eigenvalue weighted by Crippen LogP contribution is 2.14. The van der Waals surface area contributed by atoms with E-state index in [1.165, 1.54) is 46.8 Å². The van der Waals surface area contributed by atoms with Crippen LogP contribution >= 0.6 is 11.8 Å². The van der Waals surface area contributed by atoms with Crippen LogP contribution in [-0.2, 0) is 4.79 Å². The first-order chi connectivity index (χ1) is 13.8. The van der Waals surface area contributed by atoms with Gasteiger partial charge in [-0.1, -0.05) is 34.9 Å². The van der Waals surface area contributed by atoms with Gasteiger partial charge in [-0.25, -0.2) is 14.2 Å². The minimum atomic E-state index is -0.974. The summed E-state index contributed by atoms with van der Waals surface area (Å²) < 4.78 is 13.2. The molecule has 0 aliphatic carbocycles. The number of anilines is 1.